The minimum Gasteiger partial charge on any atom is -0.341 e. The first-order chi connectivity index (χ1) is 13.9. The van der Waals surface area contributed by atoms with Gasteiger partial charge in [-0.2, -0.15) is 5.10 Å². The molecule has 0 radical (unpaired) electrons. The summed E-state index contributed by atoms with van der Waals surface area (Å²) in [5, 5.41) is 6.25. The van der Waals surface area contributed by atoms with Crippen molar-refractivity contribution in [2.75, 3.05) is 13.1 Å². The van der Waals surface area contributed by atoms with Crippen LogP contribution in [0.2, 0.25) is 5.02 Å². The predicted molar refractivity (Wildman–Crippen MR) is 115 cm³/mol. The molecule has 2 aromatic heterocycles. The number of hydrogen-bond acceptors (Lipinski definition) is 3. The lowest BCUT2D eigenvalue weighted by atomic mass is 10.1. The van der Waals surface area contributed by atoms with E-state index in [9.17, 15) is 9.59 Å². The van der Waals surface area contributed by atoms with Crippen molar-refractivity contribution in [3.8, 4) is 5.69 Å². The van der Waals surface area contributed by atoms with Crippen molar-refractivity contribution < 1.29 is 4.79 Å². The lowest BCUT2D eigenvalue weighted by Crippen LogP contribution is -2.39. The highest BCUT2D eigenvalue weighted by Crippen LogP contribution is 2.28. The Labute approximate surface area is 174 Å². The Kier molecular flexibility index (Phi) is 5.21. The fraction of sp³-hybridized carbons (Fsp3) is 0.409. The van der Waals surface area contributed by atoms with Gasteiger partial charge in [0.2, 0.25) is 5.91 Å². The van der Waals surface area contributed by atoms with Crippen LogP contribution in [0.1, 0.15) is 36.1 Å². The third kappa shape index (κ3) is 3.46. The van der Waals surface area contributed by atoms with Crippen molar-refractivity contribution in [3.63, 3.8) is 0 Å². The van der Waals surface area contributed by atoms with E-state index in [4.69, 9.17) is 16.7 Å². The molecule has 0 unspecified atom stereocenters. The smallest absolute Gasteiger partial charge is 0.252 e. The van der Waals surface area contributed by atoms with Gasteiger partial charge in [-0.05, 0) is 63.3 Å². The molecular weight excluding hydrogens is 388 g/mol. The summed E-state index contributed by atoms with van der Waals surface area (Å²) in [6, 6.07) is 7.22. The maximum atomic E-state index is 12.9. The van der Waals surface area contributed by atoms with Crippen LogP contribution in [0, 0.1) is 20.8 Å². The standard InChI is InChI=1S/C22H25ClN4O2/c1-14-12-19(28)26(13-20(29)25-10-5-4-6-11-25)22-21(14)16(3)24-27(22)18-9-7-8-17(23)15(18)2/h7-9,12H,4-6,10-11,13H2,1-3H3. The van der Waals surface area contributed by atoms with Crippen LogP contribution in [0.15, 0.2) is 29.1 Å². The minimum absolute atomic E-state index is 0.0142. The van der Waals surface area contributed by atoms with E-state index in [1.165, 1.54) is 0 Å². The van der Waals surface area contributed by atoms with Crippen molar-refractivity contribution in [2.45, 2.75) is 46.6 Å². The molecule has 1 aromatic carbocycles. The molecule has 3 heterocycles. The van der Waals surface area contributed by atoms with Crippen LogP contribution in [-0.4, -0.2) is 38.2 Å². The second-order valence-electron chi connectivity index (χ2n) is 7.77. The third-order valence-corrected chi connectivity index (χ3v) is 6.17. The largest absolute Gasteiger partial charge is 0.341 e. The Balaban J connectivity index is 1.91. The van der Waals surface area contributed by atoms with Crippen LogP contribution in [0.25, 0.3) is 16.7 Å². The number of halogens is 1. The van der Waals surface area contributed by atoms with Crippen LogP contribution in [-0.2, 0) is 11.3 Å². The van der Waals surface area contributed by atoms with E-state index in [-0.39, 0.29) is 18.0 Å². The summed E-state index contributed by atoms with van der Waals surface area (Å²) in [5.41, 5.74) is 3.80. The van der Waals surface area contributed by atoms with Gasteiger partial charge >= 0.3 is 0 Å². The molecule has 6 nitrogen and oxygen atoms in total. The molecule has 1 aliphatic heterocycles. The molecule has 1 amide bonds. The Morgan fingerprint density at radius 1 is 1.14 bits per heavy atom. The van der Waals surface area contributed by atoms with E-state index >= 15 is 0 Å². The summed E-state index contributed by atoms with van der Waals surface area (Å²) < 4.78 is 3.31. The van der Waals surface area contributed by atoms with Gasteiger partial charge in [0.05, 0.1) is 11.4 Å². The normalized spacial score (nSPS) is 14.6. The molecule has 1 fully saturated rings. The Morgan fingerprint density at radius 3 is 2.59 bits per heavy atom. The summed E-state index contributed by atoms with van der Waals surface area (Å²) >= 11 is 6.34. The number of hydrogen-bond donors (Lipinski definition) is 0. The monoisotopic (exact) mass is 412 g/mol. The summed E-state index contributed by atoms with van der Waals surface area (Å²) in [5.74, 6) is -0.0230. The number of likely N-dealkylation sites (tertiary alicyclic amines) is 1. The van der Waals surface area contributed by atoms with Gasteiger partial charge < -0.3 is 4.90 Å². The second kappa shape index (κ2) is 7.67. The average molecular weight is 413 g/mol. The summed E-state index contributed by atoms with van der Waals surface area (Å²) in [6.07, 6.45) is 3.18. The molecule has 152 valence electrons. The number of pyridine rings is 1. The first kappa shape index (κ1) is 19.7. The molecule has 0 spiro atoms. The fourth-order valence-electron chi connectivity index (χ4n) is 4.19. The molecule has 0 atom stereocenters. The Hall–Kier alpha value is -2.60. The van der Waals surface area contributed by atoms with Gasteiger partial charge in [0.25, 0.3) is 5.56 Å². The SMILES string of the molecule is Cc1c(Cl)cccc1-n1nc(C)c2c(C)cc(=O)n(CC(=O)N3CCCCC3)c21. The van der Waals surface area contributed by atoms with E-state index in [0.29, 0.717) is 10.7 Å². The molecule has 1 saturated heterocycles. The zero-order chi connectivity index (χ0) is 20.7. The Morgan fingerprint density at radius 2 is 1.86 bits per heavy atom. The lowest BCUT2D eigenvalue weighted by Gasteiger charge is -2.27. The minimum atomic E-state index is -0.193. The van der Waals surface area contributed by atoms with Gasteiger partial charge in [-0.25, -0.2) is 4.68 Å². The van der Waals surface area contributed by atoms with Gasteiger partial charge in [0.1, 0.15) is 12.2 Å². The summed E-state index contributed by atoms with van der Waals surface area (Å²) in [6.45, 7) is 7.29. The number of rotatable bonds is 3. The molecule has 29 heavy (non-hydrogen) atoms. The first-order valence-electron chi connectivity index (χ1n) is 10.0. The predicted octanol–water partition coefficient (Wildman–Crippen LogP) is 3.78. The number of aromatic nitrogens is 3. The molecule has 3 aromatic rings. The molecule has 1 aliphatic rings. The average Bonchev–Trinajstić information content (AvgIpc) is 3.05. The van der Waals surface area contributed by atoms with Crippen molar-refractivity contribution >= 4 is 28.5 Å². The highest BCUT2D eigenvalue weighted by molar-refractivity contribution is 6.31. The number of benzene rings is 1. The number of carbonyl (C=O) groups excluding carboxylic acids is 1. The fourth-order valence-corrected chi connectivity index (χ4v) is 4.36. The van der Waals surface area contributed by atoms with Crippen molar-refractivity contribution in [1.29, 1.82) is 0 Å². The van der Waals surface area contributed by atoms with Crippen LogP contribution < -0.4 is 5.56 Å². The van der Waals surface area contributed by atoms with E-state index in [0.717, 1.165) is 60.2 Å². The van der Waals surface area contributed by atoms with E-state index in [2.05, 4.69) is 0 Å². The summed E-state index contributed by atoms with van der Waals surface area (Å²) in [7, 11) is 0. The molecule has 4 rings (SSSR count). The van der Waals surface area contributed by atoms with Gasteiger partial charge in [-0.15, -0.1) is 0 Å². The highest BCUT2D eigenvalue weighted by atomic mass is 35.5. The molecule has 0 saturated carbocycles. The van der Waals surface area contributed by atoms with Gasteiger partial charge in [-0.3, -0.25) is 14.2 Å². The van der Waals surface area contributed by atoms with E-state index in [1.54, 1.807) is 15.3 Å². The van der Waals surface area contributed by atoms with Gasteiger partial charge in [-0.1, -0.05) is 17.7 Å². The number of nitrogens with zero attached hydrogens (tertiary/aromatic N) is 4. The molecule has 0 bridgehead atoms. The zero-order valence-corrected chi connectivity index (χ0v) is 17.8. The Bertz CT molecular complexity index is 1160. The number of fused-ring (bicyclic) bond motifs is 1. The second-order valence-corrected chi connectivity index (χ2v) is 8.18. The zero-order valence-electron chi connectivity index (χ0n) is 17.0. The molecule has 0 aliphatic carbocycles. The van der Waals surface area contributed by atoms with Crippen molar-refractivity contribution in [1.82, 2.24) is 19.2 Å². The van der Waals surface area contributed by atoms with Gasteiger partial charge in [0, 0.05) is 29.6 Å². The quantitative estimate of drug-likeness (QED) is 0.657. The number of amides is 1. The van der Waals surface area contributed by atoms with Crippen LogP contribution in [0.3, 0.4) is 0 Å². The molecular formula is C22H25ClN4O2. The molecule has 7 heteroatoms. The number of carbonyl (C=O) groups is 1. The maximum Gasteiger partial charge on any atom is 0.252 e. The number of aryl methyl sites for hydroxylation is 2. The molecule has 0 N–H and O–H groups in total. The maximum absolute atomic E-state index is 12.9. The van der Waals surface area contributed by atoms with Crippen LogP contribution in [0.5, 0.6) is 0 Å². The van der Waals surface area contributed by atoms with Crippen LogP contribution >= 0.6 is 11.6 Å². The van der Waals surface area contributed by atoms with E-state index in [1.807, 2.05) is 43.9 Å². The topological polar surface area (TPSA) is 60.1 Å². The van der Waals surface area contributed by atoms with Crippen LogP contribution in [0.4, 0.5) is 0 Å². The van der Waals surface area contributed by atoms with Gasteiger partial charge in [0.15, 0.2) is 0 Å². The van der Waals surface area contributed by atoms with Crippen molar-refractivity contribution in [3.05, 3.63) is 56.5 Å². The number of piperidine rings is 1. The lowest BCUT2D eigenvalue weighted by molar-refractivity contribution is -0.132. The van der Waals surface area contributed by atoms with E-state index < -0.39 is 0 Å². The highest BCUT2D eigenvalue weighted by Gasteiger charge is 2.22. The first-order valence-corrected chi connectivity index (χ1v) is 10.4. The summed E-state index contributed by atoms with van der Waals surface area (Å²) in [4.78, 5) is 27.7. The third-order valence-electron chi connectivity index (χ3n) is 5.76. The van der Waals surface area contributed by atoms with Crippen molar-refractivity contribution in [2.24, 2.45) is 0 Å².